The number of hydrogen-bond donors (Lipinski definition) is 1. The third-order valence-electron chi connectivity index (χ3n) is 7.17. The zero-order valence-electron chi connectivity index (χ0n) is 21.4. The monoisotopic (exact) mass is 492 g/mol. The lowest BCUT2D eigenvalue weighted by Crippen LogP contribution is -2.42. The molecule has 1 saturated heterocycles. The van der Waals surface area contributed by atoms with Gasteiger partial charge in [-0.15, -0.1) is 0 Å². The zero-order valence-corrected chi connectivity index (χ0v) is 21.4. The van der Waals surface area contributed by atoms with Crippen LogP contribution in [-0.4, -0.2) is 51.6 Å². The van der Waals surface area contributed by atoms with Gasteiger partial charge in [-0.25, -0.2) is 9.59 Å². The fourth-order valence-corrected chi connectivity index (χ4v) is 5.48. The summed E-state index contributed by atoms with van der Waals surface area (Å²) >= 11 is 0. The summed E-state index contributed by atoms with van der Waals surface area (Å²) in [6, 6.07) is 16.6. The molecule has 0 unspecified atom stereocenters. The number of nitrogens with zero attached hydrogens (tertiary/aromatic N) is 2. The van der Waals surface area contributed by atoms with Gasteiger partial charge in [0.1, 0.15) is 5.60 Å². The highest BCUT2D eigenvalue weighted by Crippen LogP contribution is 2.41. The summed E-state index contributed by atoms with van der Waals surface area (Å²) < 4.78 is 5.61. The SMILES string of the molecule is CC(C)(C)OC(=O)N1C[C@H]2CCC[C@H](C(=O)N(Cc3ccccc3)Cc3ccc(C(=O)O)cc3)[C@H]2C1. The number of ether oxygens (including phenoxy) is 1. The van der Waals surface area contributed by atoms with E-state index in [2.05, 4.69) is 0 Å². The molecule has 36 heavy (non-hydrogen) atoms. The molecule has 192 valence electrons. The third-order valence-corrected chi connectivity index (χ3v) is 7.17. The van der Waals surface area contributed by atoms with Gasteiger partial charge >= 0.3 is 12.1 Å². The molecule has 2 amide bonds. The largest absolute Gasteiger partial charge is 0.478 e. The van der Waals surface area contributed by atoms with Crippen molar-refractivity contribution >= 4 is 18.0 Å². The Balaban J connectivity index is 1.53. The molecule has 2 aromatic carbocycles. The Morgan fingerprint density at radius 3 is 2.19 bits per heavy atom. The fraction of sp³-hybridized carbons (Fsp3) is 0.483. The van der Waals surface area contributed by atoms with Gasteiger partial charge in [0, 0.05) is 32.1 Å². The quantitative estimate of drug-likeness (QED) is 0.599. The standard InChI is InChI=1S/C29H36N2O5/c1-29(2,3)36-28(35)31-18-23-10-7-11-24(25(23)19-31)26(32)30(16-20-8-5-4-6-9-20)17-21-12-14-22(15-13-21)27(33)34/h4-6,8-9,12-15,23-25H,7,10-11,16-19H2,1-3H3,(H,33,34)/t23-,24+,25+/m1/s1. The Bertz CT molecular complexity index is 1080. The molecule has 4 rings (SSSR count). The molecule has 0 bridgehead atoms. The normalized spacial score (nSPS) is 21.5. The molecule has 1 saturated carbocycles. The molecule has 2 aromatic rings. The van der Waals surface area contributed by atoms with Crippen LogP contribution in [0.3, 0.4) is 0 Å². The highest BCUT2D eigenvalue weighted by molar-refractivity contribution is 5.87. The second-order valence-corrected chi connectivity index (χ2v) is 11.0. The van der Waals surface area contributed by atoms with E-state index in [0.717, 1.165) is 30.4 Å². The molecule has 1 aliphatic carbocycles. The van der Waals surface area contributed by atoms with E-state index in [1.54, 1.807) is 29.2 Å². The predicted molar refractivity (Wildman–Crippen MR) is 136 cm³/mol. The Hall–Kier alpha value is -3.35. The summed E-state index contributed by atoms with van der Waals surface area (Å²) in [6.07, 6.45) is 2.49. The average Bonchev–Trinajstić information content (AvgIpc) is 3.28. The van der Waals surface area contributed by atoms with Gasteiger partial charge in [-0.1, -0.05) is 48.9 Å². The first-order valence-electron chi connectivity index (χ1n) is 12.7. The number of carboxylic acid groups (broad SMARTS) is 1. The Kier molecular flexibility index (Phi) is 7.67. The van der Waals surface area contributed by atoms with E-state index in [0.29, 0.717) is 32.1 Å². The van der Waals surface area contributed by atoms with Gasteiger partial charge in [-0.2, -0.15) is 0 Å². The van der Waals surface area contributed by atoms with Crippen molar-refractivity contribution in [3.63, 3.8) is 0 Å². The molecular formula is C29H36N2O5. The maximum absolute atomic E-state index is 14.0. The highest BCUT2D eigenvalue weighted by Gasteiger charge is 2.46. The van der Waals surface area contributed by atoms with E-state index in [1.165, 1.54) is 0 Å². The van der Waals surface area contributed by atoms with Gasteiger partial charge < -0.3 is 19.6 Å². The van der Waals surface area contributed by atoms with Crippen molar-refractivity contribution in [1.82, 2.24) is 9.80 Å². The van der Waals surface area contributed by atoms with E-state index in [1.807, 2.05) is 56.0 Å². The summed E-state index contributed by atoms with van der Waals surface area (Å²) in [7, 11) is 0. The molecule has 1 N–H and O–H groups in total. The predicted octanol–water partition coefficient (Wildman–Crippen LogP) is 5.20. The molecular weight excluding hydrogens is 456 g/mol. The summed E-state index contributed by atoms with van der Waals surface area (Å²) in [5, 5.41) is 9.22. The Morgan fingerprint density at radius 1 is 0.944 bits per heavy atom. The molecule has 2 aliphatic rings. The highest BCUT2D eigenvalue weighted by atomic mass is 16.6. The van der Waals surface area contributed by atoms with Crippen LogP contribution >= 0.6 is 0 Å². The van der Waals surface area contributed by atoms with Crippen LogP contribution in [0.15, 0.2) is 54.6 Å². The summed E-state index contributed by atoms with van der Waals surface area (Å²) in [5.41, 5.74) is 1.60. The summed E-state index contributed by atoms with van der Waals surface area (Å²) in [6.45, 7) is 7.66. The first-order valence-corrected chi connectivity index (χ1v) is 12.7. The van der Waals surface area contributed by atoms with Gasteiger partial charge in [-0.05, 0) is 68.7 Å². The minimum absolute atomic E-state index is 0.0990. The first-order chi connectivity index (χ1) is 17.1. The lowest BCUT2D eigenvalue weighted by molar-refractivity contribution is -0.140. The summed E-state index contributed by atoms with van der Waals surface area (Å²) in [5.74, 6) is -0.608. The minimum atomic E-state index is -0.970. The second kappa shape index (κ2) is 10.7. The number of fused-ring (bicyclic) bond motifs is 1. The fourth-order valence-electron chi connectivity index (χ4n) is 5.48. The van der Waals surface area contributed by atoms with Gasteiger partial charge in [0.15, 0.2) is 0 Å². The van der Waals surface area contributed by atoms with Crippen LogP contribution in [0.25, 0.3) is 0 Å². The average molecular weight is 493 g/mol. The van der Waals surface area contributed by atoms with Crippen LogP contribution < -0.4 is 0 Å². The molecule has 7 nitrogen and oxygen atoms in total. The van der Waals surface area contributed by atoms with E-state index in [-0.39, 0.29) is 29.4 Å². The van der Waals surface area contributed by atoms with Crippen LogP contribution in [0.4, 0.5) is 4.79 Å². The number of carboxylic acids is 1. The Labute approximate surface area is 213 Å². The molecule has 0 aromatic heterocycles. The third kappa shape index (κ3) is 6.25. The molecule has 2 fully saturated rings. The van der Waals surface area contributed by atoms with Crippen molar-refractivity contribution in [3.05, 3.63) is 71.3 Å². The number of benzene rings is 2. The van der Waals surface area contributed by atoms with Crippen LogP contribution in [0.5, 0.6) is 0 Å². The number of carbonyl (C=O) groups excluding carboxylic acids is 2. The van der Waals surface area contributed by atoms with E-state index in [4.69, 9.17) is 4.74 Å². The van der Waals surface area contributed by atoms with Crippen LogP contribution in [0, 0.1) is 17.8 Å². The topological polar surface area (TPSA) is 87.2 Å². The molecule has 7 heteroatoms. The van der Waals surface area contributed by atoms with Crippen LogP contribution in [0.2, 0.25) is 0 Å². The number of hydrogen-bond acceptors (Lipinski definition) is 4. The maximum atomic E-state index is 14.0. The van der Waals surface area contributed by atoms with Gasteiger partial charge in [0.2, 0.25) is 5.91 Å². The number of aromatic carboxylic acids is 1. The van der Waals surface area contributed by atoms with E-state index >= 15 is 0 Å². The van der Waals surface area contributed by atoms with Crippen molar-refractivity contribution in [2.45, 2.75) is 58.7 Å². The van der Waals surface area contributed by atoms with E-state index < -0.39 is 11.6 Å². The van der Waals surface area contributed by atoms with Gasteiger partial charge in [-0.3, -0.25) is 4.79 Å². The second-order valence-electron chi connectivity index (χ2n) is 11.0. The van der Waals surface area contributed by atoms with Crippen LogP contribution in [0.1, 0.15) is 61.5 Å². The summed E-state index contributed by atoms with van der Waals surface area (Å²) in [4.78, 5) is 41.7. The molecule has 0 spiro atoms. The first kappa shape index (κ1) is 25.7. The van der Waals surface area contributed by atoms with Crippen LogP contribution in [-0.2, 0) is 22.6 Å². The molecule has 3 atom stereocenters. The lowest BCUT2D eigenvalue weighted by Gasteiger charge is -2.36. The van der Waals surface area contributed by atoms with Crippen molar-refractivity contribution in [2.75, 3.05) is 13.1 Å². The van der Waals surface area contributed by atoms with Crippen molar-refractivity contribution in [2.24, 2.45) is 17.8 Å². The minimum Gasteiger partial charge on any atom is -0.478 e. The Morgan fingerprint density at radius 2 is 1.58 bits per heavy atom. The maximum Gasteiger partial charge on any atom is 0.410 e. The molecule has 0 radical (unpaired) electrons. The zero-order chi connectivity index (χ0) is 25.9. The van der Waals surface area contributed by atoms with Crippen molar-refractivity contribution in [1.29, 1.82) is 0 Å². The van der Waals surface area contributed by atoms with Crippen molar-refractivity contribution < 1.29 is 24.2 Å². The number of carbonyl (C=O) groups is 3. The van der Waals surface area contributed by atoms with E-state index in [9.17, 15) is 19.5 Å². The molecule has 1 aliphatic heterocycles. The lowest BCUT2D eigenvalue weighted by atomic mass is 9.73. The number of amides is 2. The number of rotatable bonds is 6. The molecule has 1 heterocycles. The number of likely N-dealkylation sites (tertiary alicyclic amines) is 1. The smallest absolute Gasteiger partial charge is 0.410 e. The van der Waals surface area contributed by atoms with Gasteiger partial charge in [0.05, 0.1) is 5.56 Å². The van der Waals surface area contributed by atoms with Gasteiger partial charge in [0.25, 0.3) is 0 Å². The van der Waals surface area contributed by atoms with Crippen molar-refractivity contribution in [3.8, 4) is 0 Å².